The quantitative estimate of drug-likeness (QED) is 0.734. The summed E-state index contributed by atoms with van der Waals surface area (Å²) in [5.74, 6) is 0.484. The van der Waals surface area contributed by atoms with Crippen LogP contribution in [0.2, 0.25) is 0 Å². The molecule has 0 amide bonds. The van der Waals surface area contributed by atoms with Crippen molar-refractivity contribution in [2.45, 2.75) is 19.4 Å². The van der Waals surface area contributed by atoms with E-state index in [1.807, 2.05) is 6.07 Å². The van der Waals surface area contributed by atoms with Gasteiger partial charge >= 0.3 is 0 Å². The molecule has 1 fully saturated rings. The van der Waals surface area contributed by atoms with E-state index >= 15 is 0 Å². The average Bonchev–Trinajstić information content (AvgIpc) is 2.83. The Bertz CT molecular complexity index is 682. The van der Waals surface area contributed by atoms with Crippen molar-refractivity contribution < 1.29 is 4.74 Å². The summed E-state index contributed by atoms with van der Waals surface area (Å²) in [6, 6.07) is 3.48. The molecule has 2 aromatic rings. The summed E-state index contributed by atoms with van der Waals surface area (Å²) >= 11 is 0. The van der Waals surface area contributed by atoms with Gasteiger partial charge in [0.2, 0.25) is 0 Å². The standard InChI is InChI=1S/C14H18N4O2/c1-8-9(2-3-20-8)6-16-13-5-12-10(4-11(13)15)14(19)18-7-17-12/h4-5,7-9,16H,2-3,6,15H2,1H3,(H,17,18,19). The fourth-order valence-corrected chi connectivity index (χ4v) is 2.57. The SMILES string of the molecule is CC1OCCC1CNc1cc2nc[nH]c(=O)c2cc1N. The van der Waals surface area contributed by atoms with Gasteiger partial charge in [-0.3, -0.25) is 4.79 Å². The molecule has 1 aliphatic rings. The van der Waals surface area contributed by atoms with E-state index < -0.39 is 0 Å². The number of fused-ring (bicyclic) bond motifs is 1. The summed E-state index contributed by atoms with van der Waals surface area (Å²) < 4.78 is 5.54. The van der Waals surface area contributed by atoms with Crippen molar-refractivity contribution in [1.82, 2.24) is 9.97 Å². The second kappa shape index (κ2) is 5.13. The normalized spacial score (nSPS) is 22.2. The minimum atomic E-state index is -0.175. The van der Waals surface area contributed by atoms with Gasteiger partial charge in [-0.05, 0) is 25.5 Å². The van der Waals surface area contributed by atoms with Gasteiger partial charge in [0.05, 0.1) is 34.7 Å². The van der Waals surface area contributed by atoms with E-state index in [-0.39, 0.29) is 11.7 Å². The number of hydrogen-bond acceptors (Lipinski definition) is 5. The Balaban J connectivity index is 1.84. The molecule has 0 radical (unpaired) electrons. The molecule has 0 saturated carbocycles. The molecule has 1 saturated heterocycles. The first-order valence-electron chi connectivity index (χ1n) is 6.77. The highest BCUT2D eigenvalue weighted by Crippen LogP contribution is 2.25. The Kier molecular flexibility index (Phi) is 3.31. The Morgan fingerprint density at radius 3 is 3.15 bits per heavy atom. The number of H-pyrrole nitrogens is 1. The van der Waals surface area contributed by atoms with Crippen LogP contribution in [0.25, 0.3) is 10.9 Å². The summed E-state index contributed by atoms with van der Waals surface area (Å²) in [4.78, 5) is 18.4. The van der Waals surface area contributed by atoms with Crippen LogP contribution in [0.1, 0.15) is 13.3 Å². The molecule has 106 valence electrons. The van der Waals surface area contributed by atoms with Crippen molar-refractivity contribution in [2.75, 3.05) is 24.2 Å². The topological polar surface area (TPSA) is 93.0 Å². The molecule has 2 unspecified atom stereocenters. The minimum Gasteiger partial charge on any atom is -0.397 e. The molecule has 0 spiro atoms. The van der Waals surface area contributed by atoms with Crippen LogP contribution in [0.5, 0.6) is 0 Å². The highest BCUT2D eigenvalue weighted by Gasteiger charge is 2.23. The second-order valence-corrected chi connectivity index (χ2v) is 5.19. The van der Waals surface area contributed by atoms with Crippen molar-refractivity contribution in [3.63, 3.8) is 0 Å². The number of benzene rings is 1. The van der Waals surface area contributed by atoms with Gasteiger partial charge in [-0.15, -0.1) is 0 Å². The smallest absolute Gasteiger partial charge is 0.258 e. The van der Waals surface area contributed by atoms with Crippen LogP contribution in [0.4, 0.5) is 11.4 Å². The van der Waals surface area contributed by atoms with Crippen LogP contribution >= 0.6 is 0 Å². The molecule has 0 aliphatic carbocycles. The number of nitrogen functional groups attached to an aromatic ring is 1. The number of aromatic amines is 1. The van der Waals surface area contributed by atoms with Gasteiger partial charge in [0.1, 0.15) is 0 Å². The Hall–Kier alpha value is -2.08. The molecule has 4 N–H and O–H groups in total. The number of aromatic nitrogens is 2. The molecule has 1 aromatic heterocycles. The van der Waals surface area contributed by atoms with E-state index in [2.05, 4.69) is 22.2 Å². The molecule has 0 bridgehead atoms. The first-order valence-corrected chi connectivity index (χ1v) is 6.77. The van der Waals surface area contributed by atoms with Crippen molar-refractivity contribution in [1.29, 1.82) is 0 Å². The van der Waals surface area contributed by atoms with Crippen LogP contribution in [0.3, 0.4) is 0 Å². The van der Waals surface area contributed by atoms with Gasteiger partial charge in [0.25, 0.3) is 5.56 Å². The van der Waals surface area contributed by atoms with Crippen molar-refractivity contribution in [2.24, 2.45) is 5.92 Å². The van der Waals surface area contributed by atoms with E-state index in [0.717, 1.165) is 25.3 Å². The number of anilines is 2. The van der Waals surface area contributed by atoms with Crippen LogP contribution in [-0.4, -0.2) is 29.2 Å². The summed E-state index contributed by atoms with van der Waals surface area (Å²) in [6.07, 6.45) is 2.72. The van der Waals surface area contributed by atoms with Gasteiger partial charge < -0.3 is 20.8 Å². The molecule has 2 heterocycles. The molecule has 6 heteroatoms. The van der Waals surface area contributed by atoms with E-state index in [1.54, 1.807) is 6.07 Å². The molecule has 1 aromatic carbocycles. The van der Waals surface area contributed by atoms with E-state index in [0.29, 0.717) is 22.5 Å². The van der Waals surface area contributed by atoms with Crippen LogP contribution < -0.4 is 16.6 Å². The number of hydrogen-bond donors (Lipinski definition) is 3. The maximum absolute atomic E-state index is 11.7. The van der Waals surface area contributed by atoms with Gasteiger partial charge in [0, 0.05) is 19.1 Å². The largest absolute Gasteiger partial charge is 0.397 e. The zero-order valence-electron chi connectivity index (χ0n) is 11.3. The third-order valence-electron chi connectivity index (χ3n) is 3.90. The first-order chi connectivity index (χ1) is 9.65. The number of rotatable bonds is 3. The maximum atomic E-state index is 11.7. The predicted molar refractivity (Wildman–Crippen MR) is 78.8 cm³/mol. The lowest BCUT2D eigenvalue weighted by molar-refractivity contribution is 0.108. The van der Waals surface area contributed by atoms with E-state index in [9.17, 15) is 4.79 Å². The zero-order valence-corrected chi connectivity index (χ0v) is 11.3. The van der Waals surface area contributed by atoms with Gasteiger partial charge in [-0.2, -0.15) is 0 Å². The van der Waals surface area contributed by atoms with Gasteiger partial charge in [-0.25, -0.2) is 4.98 Å². The van der Waals surface area contributed by atoms with Gasteiger partial charge in [0.15, 0.2) is 0 Å². The summed E-state index contributed by atoms with van der Waals surface area (Å²) in [5, 5.41) is 3.85. The maximum Gasteiger partial charge on any atom is 0.258 e. The molecule has 3 rings (SSSR count). The molecule has 20 heavy (non-hydrogen) atoms. The number of ether oxygens (including phenoxy) is 1. The van der Waals surface area contributed by atoms with Crippen molar-refractivity contribution >= 4 is 22.3 Å². The molecule has 6 nitrogen and oxygen atoms in total. The number of nitrogens with one attached hydrogen (secondary N) is 2. The zero-order chi connectivity index (χ0) is 14.1. The molecular weight excluding hydrogens is 256 g/mol. The fourth-order valence-electron chi connectivity index (χ4n) is 2.57. The van der Waals surface area contributed by atoms with Crippen LogP contribution in [0, 0.1) is 5.92 Å². The van der Waals surface area contributed by atoms with Crippen molar-refractivity contribution in [3.8, 4) is 0 Å². The summed E-state index contributed by atoms with van der Waals surface area (Å²) in [7, 11) is 0. The predicted octanol–water partition coefficient (Wildman–Crippen LogP) is 1.34. The Labute approximate surface area is 116 Å². The monoisotopic (exact) mass is 274 g/mol. The lowest BCUT2D eigenvalue weighted by Crippen LogP contribution is -2.21. The fraction of sp³-hybridized carbons (Fsp3) is 0.429. The Morgan fingerprint density at radius 2 is 2.40 bits per heavy atom. The second-order valence-electron chi connectivity index (χ2n) is 5.19. The highest BCUT2D eigenvalue weighted by molar-refractivity contribution is 5.88. The van der Waals surface area contributed by atoms with Gasteiger partial charge in [-0.1, -0.05) is 0 Å². The number of nitrogens with two attached hydrogens (primary N) is 1. The molecule has 1 aliphatic heterocycles. The van der Waals surface area contributed by atoms with Crippen LogP contribution in [0.15, 0.2) is 23.3 Å². The van der Waals surface area contributed by atoms with Crippen molar-refractivity contribution in [3.05, 3.63) is 28.8 Å². The number of nitrogens with zero attached hydrogens (tertiary/aromatic N) is 1. The van der Waals surface area contributed by atoms with E-state index in [1.165, 1.54) is 6.33 Å². The first kappa shape index (κ1) is 12.9. The third kappa shape index (κ3) is 2.34. The summed E-state index contributed by atoms with van der Waals surface area (Å²) in [5.41, 5.74) is 7.84. The summed E-state index contributed by atoms with van der Waals surface area (Å²) in [6.45, 7) is 3.71. The minimum absolute atomic E-state index is 0.175. The third-order valence-corrected chi connectivity index (χ3v) is 3.90. The molecular formula is C14H18N4O2. The van der Waals surface area contributed by atoms with Crippen LogP contribution in [-0.2, 0) is 4.74 Å². The van der Waals surface area contributed by atoms with E-state index in [4.69, 9.17) is 10.5 Å². The highest BCUT2D eigenvalue weighted by atomic mass is 16.5. The molecule has 2 atom stereocenters. The lowest BCUT2D eigenvalue weighted by Gasteiger charge is -2.17. The Morgan fingerprint density at radius 1 is 1.55 bits per heavy atom. The average molecular weight is 274 g/mol. The lowest BCUT2D eigenvalue weighted by atomic mass is 10.0.